The smallest absolute Gasteiger partial charge is 0.336 e. The molecule has 0 spiro atoms. The van der Waals surface area contributed by atoms with Crippen LogP contribution in [0.5, 0.6) is 5.75 Å². The van der Waals surface area contributed by atoms with Crippen molar-refractivity contribution in [3.63, 3.8) is 0 Å². The van der Waals surface area contributed by atoms with E-state index in [0.717, 1.165) is 12.2 Å². The zero-order chi connectivity index (χ0) is 11.1. The molecule has 1 aromatic carbocycles. The zero-order valence-corrected chi connectivity index (χ0v) is 8.40. The number of carbonyl (C=O) groups excluding carboxylic acids is 2. The van der Waals surface area contributed by atoms with Crippen molar-refractivity contribution in [3.05, 3.63) is 42.5 Å². The first-order valence-corrected chi connectivity index (χ1v) is 4.45. The molecule has 5 heteroatoms. The zero-order valence-electron chi connectivity index (χ0n) is 7.64. The molecule has 0 saturated carbocycles. The van der Waals surface area contributed by atoms with Crippen molar-refractivity contribution in [2.75, 3.05) is 0 Å². The number of carbonyl (C=O) groups is 2. The summed E-state index contributed by atoms with van der Waals surface area (Å²) in [6, 6.07) is 8.53. The van der Waals surface area contributed by atoms with E-state index in [-0.39, 0.29) is 0 Å². The second-order valence-electron chi connectivity index (χ2n) is 2.53. The van der Waals surface area contributed by atoms with Gasteiger partial charge in [0.05, 0.1) is 0 Å². The number of benzene rings is 1. The van der Waals surface area contributed by atoms with E-state index >= 15 is 0 Å². The Balaban J connectivity index is 2.50. The third-order valence-electron chi connectivity index (χ3n) is 1.43. The van der Waals surface area contributed by atoms with Gasteiger partial charge >= 0.3 is 5.97 Å². The van der Waals surface area contributed by atoms with Crippen molar-refractivity contribution in [2.24, 2.45) is 0 Å². The molecule has 0 fully saturated rings. The standard InChI is InChI=1S/C10H8ClNO3/c11-12-9(13)6-7-10(14)15-8-4-2-1-3-5-8/h1-7H,(H,12,13)/b7-6-. The Morgan fingerprint density at radius 1 is 1.20 bits per heavy atom. The summed E-state index contributed by atoms with van der Waals surface area (Å²) in [5.41, 5.74) is 0. The van der Waals surface area contributed by atoms with Crippen LogP contribution in [0.3, 0.4) is 0 Å². The van der Waals surface area contributed by atoms with E-state index in [1.165, 1.54) is 0 Å². The average Bonchev–Trinajstić information content (AvgIpc) is 2.27. The van der Waals surface area contributed by atoms with Gasteiger partial charge in [-0.2, -0.15) is 0 Å². The molecular weight excluding hydrogens is 218 g/mol. The van der Waals surface area contributed by atoms with E-state index in [9.17, 15) is 9.59 Å². The van der Waals surface area contributed by atoms with Gasteiger partial charge in [-0.25, -0.2) is 4.79 Å². The SMILES string of the molecule is O=C(/C=C\C(=O)Oc1ccccc1)NCl. The maximum atomic E-state index is 11.1. The molecule has 0 saturated heterocycles. The van der Waals surface area contributed by atoms with Gasteiger partial charge in [-0.15, -0.1) is 0 Å². The fraction of sp³-hybridized carbons (Fsp3) is 0. The lowest BCUT2D eigenvalue weighted by molar-refractivity contribution is -0.129. The summed E-state index contributed by atoms with van der Waals surface area (Å²) in [6.45, 7) is 0. The summed E-state index contributed by atoms with van der Waals surface area (Å²) >= 11 is 4.99. The summed E-state index contributed by atoms with van der Waals surface area (Å²) in [5, 5.41) is 0. The third-order valence-corrected chi connectivity index (χ3v) is 1.61. The molecule has 0 aliphatic carbocycles. The Labute approximate surface area is 91.6 Å². The fourth-order valence-corrected chi connectivity index (χ4v) is 0.877. The molecule has 0 unspecified atom stereocenters. The largest absolute Gasteiger partial charge is 0.423 e. The molecule has 0 radical (unpaired) electrons. The Morgan fingerprint density at radius 2 is 1.87 bits per heavy atom. The van der Waals surface area contributed by atoms with Gasteiger partial charge in [0, 0.05) is 23.9 Å². The number of hydrogen-bond acceptors (Lipinski definition) is 3. The number of para-hydroxylation sites is 1. The van der Waals surface area contributed by atoms with Crippen LogP contribution in [0.15, 0.2) is 42.5 Å². The van der Waals surface area contributed by atoms with Crippen molar-refractivity contribution >= 4 is 23.7 Å². The van der Waals surface area contributed by atoms with Crippen LogP contribution >= 0.6 is 11.8 Å². The lowest BCUT2D eigenvalue weighted by atomic mass is 10.3. The van der Waals surface area contributed by atoms with Crippen LogP contribution in [0.4, 0.5) is 0 Å². The van der Waals surface area contributed by atoms with Crippen molar-refractivity contribution in [3.8, 4) is 5.75 Å². The Hall–Kier alpha value is -1.81. The van der Waals surface area contributed by atoms with E-state index in [0.29, 0.717) is 5.75 Å². The second-order valence-corrected chi connectivity index (χ2v) is 2.72. The highest BCUT2D eigenvalue weighted by molar-refractivity contribution is 6.23. The molecule has 78 valence electrons. The van der Waals surface area contributed by atoms with E-state index in [1.54, 1.807) is 30.3 Å². The van der Waals surface area contributed by atoms with Crippen LogP contribution in [0.2, 0.25) is 0 Å². The van der Waals surface area contributed by atoms with E-state index in [1.807, 2.05) is 4.84 Å². The number of nitrogens with one attached hydrogen (secondary N) is 1. The van der Waals surface area contributed by atoms with Gasteiger partial charge in [-0.3, -0.25) is 9.63 Å². The van der Waals surface area contributed by atoms with Crippen LogP contribution in [0.1, 0.15) is 0 Å². The van der Waals surface area contributed by atoms with E-state index in [4.69, 9.17) is 16.5 Å². The Morgan fingerprint density at radius 3 is 2.47 bits per heavy atom. The molecular formula is C10H8ClNO3. The van der Waals surface area contributed by atoms with Crippen molar-refractivity contribution in [2.45, 2.75) is 0 Å². The first kappa shape index (κ1) is 11.3. The van der Waals surface area contributed by atoms with Crippen LogP contribution in [-0.4, -0.2) is 11.9 Å². The number of ether oxygens (including phenoxy) is 1. The first-order chi connectivity index (χ1) is 7.22. The molecule has 0 heterocycles. The van der Waals surface area contributed by atoms with Gasteiger partial charge in [-0.05, 0) is 12.1 Å². The highest BCUT2D eigenvalue weighted by Crippen LogP contribution is 2.08. The Kier molecular flexibility index (Phi) is 4.37. The quantitative estimate of drug-likeness (QED) is 0.366. The monoisotopic (exact) mass is 225 g/mol. The van der Waals surface area contributed by atoms with Gasteiger partial charge in [0.25, 0.3) is 5.91 Å². The van der Waals surface area contributed by atoms with Crippen LogP contribution < -0.4 is 9.57 Å². The highest BCUT2D eigenvalue weighted by atomic mass is 35.5. The number of hydrogen-bond donors (Lipinski definition) is 1. The molecule has 4 nitrogen and oxygen atoms in total. The lowest BCUT2D eigenvalue weighted by Gasteiger charge is -1.98. The normalized spacial score (nSPS) is 9.93. The summed E-state index contributed by atoms with van der Waals surface area (Å²) < 4.78 is 4.86. The minimum Gasteiger partial charge on any atom is -0.423 e. The summed E-state index contributed by atoms with van der Waals surface area (Å²) in [6.07, 6.45) is 1.98. The third kappa shape index (κ3) is 4.28. The number of esters is 1. The molecule has 1 rings (SSSR count). The van der Waals surface area contributed by atoms with Gasteiger partial charge in [0.2, 0.25) is 0 Å². The Bertz CT molecular complexity index is 376. The molecule has 0 atom stereocenters. The molecule has 0 bridgehead atoms. The summed E-state index contributed by atoms with van der Waals surface area (Å²) in [5.74, 6) is -0.804. The summed E-state index contributed by atoms with van der Waals surface area (Å²) in [7, 11) is 0. The molecule has 1 N–H and O–H groups in total. The fourth-order valence-electron chi connectivity index (χ4n) is 0.814. The van der Waals surface area contributed by atoms with Gasteiger partial charge in [-0.1, -0.05) is 18.2 Å². The minimum absolute atomic E-state index is 0.415. The van der Waals surface area contributed by atoms with Crippen LogP contribution in [-0.2, 0) is 9.59 Å². The maximum absolute atomic E-state index is 11.1. The predicted octanol–water partition coefficient (Wildman–Crippen LogP) is 1.42. The lowest BCUT2D eigenvalue weighted by Crippen LogP contribution is -2.10. The molecule has 0 aliphatic heterocycles. The molecule has 0 aromatic heterocycles. The molecule has 1 amide bonds. The summed E-state index contributed by atoms with van der Waals surface area (Å²) in [4.78, 5) is 23.6. The highest BCUT2D eigenvalue weighted by Gasteiger charge is 2.00. The van der Waals surface area contributed by atoms with Crippen molar-refractivity contribution in [1.29, 1.82) is 0 Å². The number of amides is 1. The van der Waals surface area contributed by atoms with Crippen molar-refractivity contribution < 1.29 is 14.3 Å². The van der Waals surface area contributed by atoms with E-state index < -0.39 is 11.9 Å². The van der Waals surface area contributed by atoms with E-state index in [2.05, 4.69) is 0 Å². The molecule has 15 heavy (non-hydrogen) atoms. The van der Waals surface area contributed by atoms with Crippen molar-refractivity contribution in [1.82, 2.24) is 4.84 Å². The average molecular weight is 226 g/mol. The number of rotatable bonds is 3. The minimum atomic E-state index is -0.638. The van der Waals surface area contributed by atoms with Gasteiger partial charge < -0.3 is 4.74 Å². The number of halogens is 1. The van der Waals surface area contributed by atoms with Crippen LogP contribution in [0, 0.1) is 0 Å². The molecule has 1 aromatic rings. The predicted molar refractivity (Wildman–Crippen MR) is 55.2 cm³/mol. The van der Waals surface area contributed by atoms with Gasteiger partial charge in [0.1, 0.15) is 5.75 Å². The second kappa shape index (κ2) is 5.82. The topological polar surface area (TPSA) is 55.4 Å². The maximum Gasteiger partial charge on any atom is 0.336 e. The molecule has 0 aliphatic rings. The van der Waals surface area contributed by atoms with Crippen LogP contribution in [0.25, 0.3) is 0 Å². The first-order valence-electron chi connectivity index (χ1n) is 4.08. The van der Waals surface area contributed by atoms with Gasteiger partial charge in [0.15, 0.2) is 0 Å².